The van der Waals surface area contributed by atoms with Crippen LogP contribution in [0, 0.1) is 0 Å². The molecule has 3 nitrogen and oxygen atoms in total. The minimum absolute atomic E-state index is 0.225. The van der Waals surface area contributed by atoms with Crippen molar-refractivity contribution in [2.75, 3.05) is 7.11 Å². The number of carboxylic acid groups (broad SMARTS) is 1. The van der Waals surface area contributed by atoms with Gasteiger partial charge in [-0.25, -0.2) is 0 Å². The molecular weight excluding hydrogens is 262 g/mol. The average Bonchev–Trinajstić information content (AvgIpc) is 2.15. The second-order valence-corrected chi connectivity index (χ2v) is 3.99. The zero-order valence-corrected chi connectivity index (χ0v) is 9.90. The summed E-state index contributed by atoms with van der Waals surface area (Å²) >= 11 is 17.2. The van der Waals surface area contributed by atoms with Crippen LogP contribution in [-0.4, -0.2) is 18.2 Å². The summed E-state index contributed by atoms with van der Waals surface area (Å²) in [5, 5.41) is 8.06. The fourth-order valence-electron chi connectivity index (χ4n) is 1.12. The number of hydrogen-bond acceptors (Lipinski definition) is 2. The summed E-state index contributed by atoms with van der Waals surface area (Å²) in [6.45, 7) is 0. The van der Waals surface area contributed by atoms with Crippen LogP contribution in [0.4, 0.5) is 0 Å². The Morgan fingerprint density at radius 1 is 1.47 bits per heavy atom. The average molecular weight is 270 g/mol. The quantitative estimate of drug-likeness (QED) is 0.856. The summed E-state index contributed by atoms with van der Waals surface area (Å²) in [5.74, 6) is -0.961. The fraction of sp³-hybridized carbons (Fsp3) is 0.222. The van der Waals surface area contributed by atoms with Crippen LogP contribution in [0.2, 0.25) is 10.0 Å². The van der Waals surface area contributed by atoms with Crippen LogP contribution in [0.15, 0.2) is 12.1 Å². The van der Waals surface area contributed by atoms with E-state index in [4.69, 9.17) is 44.6 Å². The molecule has 0 amide bonds. The number of ether oxygens (including phenoxy) is 1. The molecule has 0 aromatic heterocycles. The van der Waals surface area contributed by atoms with Crippen molar-refractivity contribution < 1.29 is 14.6 Å². The van der Waals surface area contributed by atoms with E-state index in [0.717, 1.165) is 0 Å². The van der Waals surface area contributed by atoms with Crippen molar-refractivity contribution in [3.05, 3.63) is 27.7 Å². The lowest BCUT2D eigenvalue weighted by Gasteiger charge is -2.12. The number of aliphatic carboxylic acids is 1. The van der Waals surface area contributed by atoms with Crippen LogP contribution < -0.4 is 4.74 Å². The highest BCUT2D eigenvalue weighted by molar-refractivity contribution is 6.36. The number of rotatable bonds is 3. The smallest absolute Gasteiger partial charge is 0.326 e. The first-order valence-corrected chi connectivity index (χ1v) is 5.06. The van der Waals surface area contributed by atoms with Crippen molar-refractivity contribution in [3.63, 3.8) is 0 Å². The van der Waals surface area contributed by atoms with E-state index in [1.165, 1.54) is 19.2 Å². The number of alkyl halides is 1. The van der Waals surface area contributed by atoms with Crippen LogP contribution in [0.25, 0.3) is 0 Å². The second-order valence-electron chi connectivity index (χ2n) is 2.71. The molecule has 0 fully saturated rings. The third kappa shape index (κ3) is 2.68. The van der Waals surface area contributed by atoms with E-state index in [0.29, 0.717) is 5.02 Å². The lowest BCUT2D eigenvalue weighted by Crippen LogP contribution is -2.07. The van der Waals surface area contributed by atoms with Crippen molar-refractivity contribution in [1.82, 2.24) is 0 Å². The molecule has 1 atom stereocenters. The minimum Gasteiger partial charge on any atom is -0.495 e. The summed E-state index contributed by atoms with van der Waals surface area (Å²) in [5.41, 5.74) is 0.240. The third-order valence-corrected chi connectivity index (χ3v) is 2.65. The first kappa shape index (κ1) is 12.4. The maximum Gasteiger partial charge on any atom is 0.326 e. The molecule has 1 rings (SSSR count). The van der Waals surface area contributed by atoms with Crippen LogP contribution in [0.5, 0.6) is 5.75 Å². The standard InChI is InChI=1S/C9H7Cl3O3/c1-15-8-5(7(12)9(13)14)2-4(10)3-6(8)11/h2-3,7H,1H3,(H,13,14). The SMILES string of the molecule is COc1c(Cl)cc(Cl)cc1C(Cl)C(=O)O. The van der Waals surface area contributed by atoms with Gasteiger partial charge in [-0.15, -0.1) is 11.6 Å². The number of carbonyl (C=O) groups is 1. The van der Waals surface area contributed by atoms with Crippen molar-refractivity contribution in [2.24, 2.45) is 0 Å². The largest absolute Gasteiger partial charge is 0.495 e. The first-order chi connectivity index (χ1) is 6.97. The number of methoxy groups -OCH3 is 1. The molecule has 82 valence electrons. The van der Waals surface area contributed by atoms with Gasteiger partial charge in [0.1, 0.15) is 5.75 Å². The second kappa shape index (κ2) is 4.92. The van der Waals surface area contributed by atoms with E-state index in [1.54, 1.807) is 0 Å². The third-order valence-electron chi connectivity index (χ3n) is 1.73. The van der Waals surface area contributed by atoms with Gasteiger partial charge in [-0.05, 0) is 12.1 Å². The highest BCUT2D eigenvalue weighted by Crippen LogP contribution is 2.38. The Balaban J connectivity index is 3.32. The molecule has 0 saturated carbocycles. The Morgan fingerprint density at radius 2 is 2.07 bits per heavy atom. The normalized spacial score (nSPS) is 12.3. The Bertz CT molecular complexity index is 392. The molecule has 0 aliphatic rings. The lowest BCUT2D eigenvalue weighted by molar-refractivity contribution is -0.136. The molecule has 0 bridgehead atoms. The Hall–Kier alpha value is -0.640. The van der Waals surface area contributed by atoms with Gasteiger partial charge in [0.05, 0.1) is 12.1 Å². The zero-order chi connectivity index (χ0) is 11.6. The van der Waals surface area contributed by atoms with Gasteiger partial charge in [-0.2, -0.15) is 0 Å². The van der Waals surface area contributed by atoms with Gasteiger partial charge in [-0.1, -0.05) is 23.2 Å². The van der Waals surface area contributed by atoms with E-state index in [-0.39, 0.29) is 16.3 Å². The predicted molar refractivity (Wildman–Crippen MR) is 59.2 cm³/mol. The van der Waals surface area contributed by atoms with E-state index >= 15 is 0 Å². The molecule has 0 aliphatic carbocycles. The van der Waals surface area contributed by atoms with E-state index in [2.05, 4.69) is 0 Å². The summed E-state index contributed by atoms with van der Waals surface area (Å²) in [4.78, 5) is 10.7. The Labute approximate surface area is 102 Å². The summed E-state index contributed by atoms with van der Waals surface area (Å²) < 4.78 is 4.96. The fourth-order valence-corrected chi connectivity index (χ4v) is 1.87. The van der Waals surface area contributed by atoms with E-state index in [1.807, 2.05) is 0 Å². The van der Waals surface area contributed by atoms with E-state index < -0.39 is 11.3 Å². The van der Waals surface area contributed by atoms with Crippen LogP contribution in [0.1, 0.15) is 10.9 Å². The van der Waals surface area contributed by atoms with Crippen molar-refractivity contribution in [1.29, 1.82) is 0 Å². The zero-order valence-electron chi connectivity index (χ0n) is 7.63. The Morgan fingerprint density at radius 3 is 2.53 bits per heavy atom. The van der Waals surface area contributed by atoms with Gasteiger partial charge in [0.2, 0.25) is 0 Å². The van der Waals surface area contributed by atoms with Crippen molar-refractivity contribution in [2.45, 2.75) is 5.38 Å². The Kier molecular flexibility index (Phi) is 4.08. The first-order valence-electron chi connectivity index (χ1n) is 3.87. The molecule has 1 aromatic rings. The molecule has 0 spiro atoms. The molecular formula is C9H7Cl3O3. The molecule has 1 N–H and O–H groups in total. The van der Waals surface area contributed by atoms with Crippen molar-refractivity contribution in [3.8, 4) is 5.75 Å². The number of hydrogen-bond donors (Lipinski definition) is 1. The molecule has 15 heavy (non-hydrogen) atoms. The summed E-state index contributed by atoms with van der Waals surface area (Å²) in [7, 11) is 1.38. The molecule has 0 aliphatic heterocycles. The van der Waals surface area contributed by atoms with E-state index in [9.17, 15) is 4.79 Å². The van der Waals surface area contributed by atoms with Gasteiger partial charge in [-0.3, -0.25) is 4.79 Å². The topological polar surface area (TPSA) is 46.5 Å². The van der Waals surface area contributed by atoms with Crippen LogP contribution in [-0.2, 0) is 4.79 Å². The molecule has 0 saturated heterocycles. The van der Waals surface area contributed by atoms with Gasteiger partial charge >= 0.3 is 5.97 Å². The molecule has 1 aromatic carbocycles. The number of carboxylic acids is 1. The van der Waals surface area contributed by atoms with Crippen molar-refractivity contribution >= 4 is 40.8 Å². The van der Waals surface area contributed by atoms with Crippen LogP contribution >= 0.6 is 34.8 Å². The molecule has 0 heterocycles. The maximum absolute atomic E-state index is 10.7. The predicted octanol–water partition coefficient (Wildman–Crippen LogP) is 3.37. The van der Waals surface area contributed by atoms with Gasteiger partial charge < -0.3 is 9.84 Å². The lowest BCUT2D eigenvalue weighted by atomic mass is 10.1. The van der Waals surface area contributed by atoms with Gasteiger partial charge in [0.25, 0.3) is 0 Å². The minimum atomic E-state index is -1.24. The molecule has 0 radical (unpaired) electrons. The molecule has 1 unspecified atom stereocenters. The molecule has 6 heteroatoms. The highest BCUT2D eigenvalue weighted by atomic mass is 35.5. The highest BCUT2D eigenvalue weighted by Gasteiger charge is 2.23. The summed E-state index contributed by atoms with van der Waals surface area (Å²) in [6.07, 6.45) is 0. The number of benzene rings is 1. The van der Waals surface area contributed by atoms with Gasteiger partial charge in [0.15, 0.2) is 5.38 Å². The summed E-state index contributed by atoms with van der Waals surface area (Å²) in [6, 6.07) is 2.87. The number of halogens is 3. The van der Waals surface area contributed by atoms with Crippen LogP contribution in [0.3, 0.4) is 0 Å². The maximum atomic E-state index is 10.7. The van der Waals surface area contributed by atoms with Gasteiger partial charge in [0, 0.05) is 10.6 Å². The monoisotopic (exact) mass is 268 g/mol.